The summed E-state index contributed by atoms with van der Waals surface area (Å²) in [7, 11) is 11.8. The molecule has 1 heterocycles. The van der Waals surface area contributed by atoms with Crippen molar-refractivity contribution >= 4 is 33.2 Å². The number of hydrogen-bond donors (Lipinski definition) is 0. The number of hydrogen-bond acceptors (Lipinski definition) is 1. The van der Waals surface area contributed by atoms with E-state index < -0.39 is 11.2 Å². The van der Waals surface area contributed by atoms with Crippen molar-refractivity contribution in [3.63, 3.8) is 0 Å². The average molecular weight is 247 g/mol. The number of likely N-dealkylation sites (tertiary alicyclic amines) is 1. The molecule has 0 unspecified atom stereocenters. The fourth-order valence-electron chi connectivity index (χ4n) is 2.00. The summed E-state index contributed by atoms with van der Waals surface area (Å²) in [5, 5.41) is -1.36. The van der Waals surface area contributed by atoms with Crippen LogP contribution in [0.25, 0.3) is 0 Å². The summed E-state index contributed by atoms with van der Waals surface area (Å²) in [5.41, 5.74) is 0.0668. The number of carbonyl (C=O) groups is 1. The van der Waals surface area contributed by atoms with Crippen molar-refractivity contribution in [3.8, 4) is 0 Å². The second-order valence-electron chi connectivity index (χ2n) is 4.10. The van der Waals surface area contributed by atoms with Gasteiger partial charge in [-0.15, -0.1) is 0 Å². The average Bonchev–Trinajstić information content (AvgIpc) is 2.64. The summed E-state index contributed by atoms with van der Waals surface area (Å²) >= 11 is 5.65. The summed E-state index contributed by atoms with van der Waals surface area (Å²) in [4.78, 5) is 12.9. The molecule has 0 aromatic heterocycles. The highest BCUT2D eigenvalue weighted by Gasteiger charge is 2.35. The van der Waals surface area contributed by atoms with Crippen molar-refractivity contribution in [2.24, 2.45) is 0 Å². The Balaban J connectivity index is 2.40. The molecule has 1 saturated heterocycles. The number of benzene rings is 1. The quantitative estimate of drug-likeness (QED) is 0.726. The summed E-state index contributed by atoms with van der Waals surface area (Å²) < 4.78 is 13.7. The van der Waals surface area contributed by atoms with Crippen molar-refractivity contribution in [1.29, 1.82) is 0 Å². The molecule has 0 bridgehead atoms. The molecule has 2 nitrogen and oxygen atoms in total. The highest BCUT2D eigenvalue weighted by Crippen LogP contribution is 2.29. The zero-order valence-corrected chi connectivity index (χ0v) is 9.88. The first-order valence-corrected chi connectivity index (χ1v) is 5.64. The van der Waals surface area contributed by atoms with Crippen LogP contribution >= 0.6 is 11.6 Å². The standard InChI is InChI=1S/C11H9B2ClFNO/c12-11(13,16-5-1-2-10(16)17)8-4-3-7(14)6-9(8)15/h3-4,6H,1-2,5H2. The third-order valence-corrected chi connectivity index (χ3v) is 3.12. The van der Waals surface area contributed by atoms with Gasteiger partial charge in [-0.1, -0.05) is 17.7 Å². The van der Waals surface area contributed by atoms with Crippen LogP contribution in [0.1, 0.15) is 18.4 Å². The molecular formula is C11H9B2ClFNO. The SMILES string of the molecule is [B]C([B])(c1ccc(Cl)cc1F)N1CCCC1=O. The molecule has 2 rings (SSSR count). The van der Waals surface area contributed by atoms with Gasteiger partial charge in [0.2, 0.25) is 5.91 Å². The number of amides is 1. The predicted octanol–water partition coefficient (Wildman–Crippen LogP) is 1.55. The predicted molar refractivity (Wildman–Crippen MR) is 65.5 cm³/mol. The lowest BCUT2D eigenvalue weighted by Gasteiger charge is -2.37. The molecule has 0 aliphatic carbocycles. The van der Waals surface area contributed by atoms with E-state index in [1.54, 1.807) is 0 Å². The third-order valence-electron chi connectivity index (χ3n) is 2.88. The van der Waals surface area contributed by atoms with Gasteiger partial charge in [0.1, 0.15) is 5.82 Å². The van der Waals surface area contributed by atoms with E-state index in [1.807, 2.05) is 0 Å². The summed E-state index contributed by atoms with van der Waals surface area (Å²) in [6.07, 6.45) is 1.08. The second kappa shape index (κ2) is 4.37. The molecule has 4 radical (unpaired) electrons. The van der Waals surface area contributed by atoms with E-state index >= 15 is 0 Å². The molecule has 0 saturated carbocycles. The lowest BCUT2D eigenvalue weighted by atomic mass is 9.57. The Morgan fingerprint density at radius 3 is 2.65 bits per heavy atom. The molecule has 0 N–H and O–H groups in total. The van der Waals surface area contributed by atoms with Crippen LogP contribution in [0.3, 0.4) is 0 Å². The van der Waals surface area contributed by atoms with Gasteiger partial charge in [0.05, 0.1) is 15.7 Å². The van der Waals surface area contributed by atoms with Gasteiger partial charge >= 0.3 is 0 Å². The number of rotatable bonds is 2. The van der Waals surface area contributed by atoms with Crippen molar-refractivity contribution < 1.29 is 9.18 Å². The monoisotopic (exact) mass is 247 g/mol. The fourth-order valence-corrected chi connectivity index (χ4v) is 2.16. The Bertz CT molecular complexity index is 467. The smallest absolute Gasteiger partial charge is 0.222 e. The third kappa shape index (κ3) is 2.21. The minimum atomic E-state index is -1.62. The molecule has 1 aromatic carbocycles. The molecule has 1 aromatic rings. The van der Waals surface area contributed by atoms with Crippen LogP contribution in [-0.2, 0) is 10.1 Å². The maximum Gasteiger partial charge on any atom is 0.222 e. The number of nitrogens with zero attached hydrogens (tertiary/aromatic N) is 1. The summed E-state index contributed by atoms with van der Waals surface area (Å²) in [6, 6.07) is 4.03. The van der Waals surface area contributed by atoms with Crippen LogP contribution < -0.4 is 0 Å². The van der Waals surface area contributed by atoms with Crippen molar-refractivity contribution in [3.05, 3.63) is 34.6 Å². The van der Waals surface area contributed by atoms with Crippen molar-refractivity contribution in [1.82, 2.24) is 4.90 Å². The summed E-state index contributed by atoms with van der Waals surface area (Å²) in [6.45, 7) is 0.438. The van der Waals surface area contributed by atoms with Gasteiger partial charge in [-0.2, -0.15) is 0 Å². The molecular weight excluding hydrogens is 238 g/mol. The Hall–Kier alpha value is -0.960. The van der Waals surface area contributed by atoms with Crippen LogP contribution in [-0.4, -0.2) is 33.0 Å². The highest BCUT2D eigenvalue weighted by atomic mass is 35.5. The molecule has 84 valence electrons. The largest absolute Gasteiger partial charge is 0.350 e. The Morgan fingerprint density at radius 2 is 2.12 bits per heavy atom. The maximum absolute atomic E-state index is 13.7. The fraction of sp³-hybridized carbons (Fsp3) is 0.364. The molecule has 1 aliphatic rings. The minimum absolute atomic E-state index is 0.0668. The zero-order valence-electron chi connectivity index (χ0n) is 9.12. The highest BCUT2D eigenvalue weighted by molar-refractivity contribution is 6.40. The van der Waals surface area contributed by atoms with Crippen LogP contribution in [0.15, 0.2) is 18.2 Å². The molecule has 1 amide bonds. The van der Waals surface area contributed by atoms with E-state index in [9.17, 15) is 9.18 Å². The topological polar surface area (TPSA) is 20.3 Å². The van der Waals surface area contributed by atoms with Crippen LogP contribution in [0.5, 0.6) is 0 Å². The Kier molecular flexibility index (Phi) is 3.21. The Labute approximate surface area is 107 Å². The van der Waals surface area contributed by atoms with Gasteiger partial charge < -0.3 is 4.90 Å². The molecule has 1 aliphatic heterocycles. The van der Waals surface area contributed by atoms with Crippen molar-refractivity contribution in [2.45, 2.75) is 18.2 Å². The van der Waals surface area contributed by atoms with Crippen LogP contribution in [0.2, 0.25) is 5.02 Å². The van der Waals surface area contributed by atoms with E-state index in [0.717, 1.165) is 6.07 Å². The van der Waals surface area contributed by atoms with Gasteiger partial charge in [0.15, 0.2) is 0 Å². The van der Waals surface area contributed by atoms with E-state index in [0.29, 0.717) is 19.4 Å². The first-order chi connectivity index (χ1) is 7.93. The van der Waals surface area contributed by atoms with E-state index in [1.165, 1.54) is 17.0 Å². The second-order valence-corrected chi connectivity index (χ2v) is 4.53. The summed E-state index contributed by atoms with van der Waals surface area (Å²) in [5.74, 6) is -0.772. The van der Waals surface area contributed by atoms with Gasteiger partial charge in [-0.25, -0.2) is 4.39 Å². The molecule has 0 atom stereocenters. The number of carbonyl (C=O) groups excluding carboxylic acids is 1. The molecule has 0 spiro atoms. The number of halogens is 2. The lowest BCUT2D eigenvalue weighted by Crippen LogP contribution is -2.48. The van der Waals surface area contributed by atoms with Crippen LogP contribution in [0.4, 0.5) is 4.39 Å². The Morgan fingerprint density at radius 1 is 1.41 bits per heavy atom. The maximum atomic E-state index is 13.7. The van der Waals surface area contributed by atoms with Crippen LogP contribution in [0, 0.1) is 5.82 Å². The normalized spacial score (nSPS) is 16.6. The van der Waals surface area contributed by atoms with Gasteiger partial charge in [-0.3, -0.25) is 4.79 Å². The van der Waals surface area contributed by atoms with Gasteiger partial charge in [0.25, 0.3) is 0 Å². The first-order valence-electron chi connectivity index (χ1n) is 5.26. The first kappa shape index (κ1) is 12.5. The van der Waals surface area contributed by atoms with Gasteiger partial charge in [-0.05, 0) is 29.5 Å². The van der Waals surface area contributed by atoms with Gasteiger partial charge in [0, 0.05) is 18.0 Å². The molecule has 17 heavy (non-hydrogen) atoms. The molecule has 1 fully saturated rings. The van der Waals surface area contributed by atoms with Crippen molar-refractivity contribution in [2.75, 3.05) is 6.54 Å². The minimum Gasteiger partial charge on any atom is -0.350 e. The van der Waals surface area contributed by atoms with E-state index in [4.69, 9.17) is 27.3 Å². The molecule has 6 heteroatoms. The lowest BCUT2D eigenvalue weighted by molar-refractivity contribution is -0.129. The van der Waals surface area contributed by atoms with E-state index in [2.05, 4.69) is 0 Å². The zero-order chi connectivity index (χ0) is 12.6. The van der Waals surface area contributed by atoms with E-state index in [-0.39, 0.29) is 16.5 Å².